The van der Waals surface area contributed by atoms with E-state index in [1.807, 2.05) is 17.8 Å². The third kappa shape index (κ3) is 13.7. The van der Waals surface area contributed by atoms with Gasteiger partial charge in [0.1, 0.15) is 12.6 Å². The fourth-order valence-corrected chi connectivity index (χ4v) is 6.60. The molecule has 2 aliphatic heterocycles. The first-order valence-electron chi connectivity index (χ1n) is 15.5. The summed E-state index contributed by atoms with van der Waals surface area (Å²) in [6, 6.07) is 8.23. The smallest absolute Gasteiger partial charge is 0.408 e. The van der Waals surface area contributed by atoms with Crippen LogP contribution in [-0.4, -0.2) is 84.5 Å². The molecule has 2 fully saturated rings. The number of thioether (sulfide) groups is 1. The van der Waals surface area contributed by atoms with Gasteiger partial charge in [-0.1, -0.05) is 36.8 Å². The average molecular weight is 648 g/mol. The minimum absolute atomic E-state index is 0.00803. The van der Waals surface area contributed by atoms with Gasteiger partial charge < -0.3 is 42.4 Å². The third-order valence-electron chi connectivity index (χ3n) is 7.50. The molecule has 2 unspecified atom stereocenters. The number of fused-ring (bicyclic) bond motifs is 1. The van der Waals surface area contributed by atoms with Crippen LogP contribution in [0, 0.1) is 0 Å². The summed E-state index contributed by atoms with van der Waals surface area (Å²) >= 11 is 1.88. The third-order valence-corrected chi connectivity index (χ3v) is 9.01. The van der Waals surface area contributed by atoms with Crippen LogP contribution in [0.2, 0.25) is 0 Å². The summed E-state index contributed by atoms with van der Waals surface area (Å²) in [5, 5.41) is 16.9. The van der Waals surface area contributed by atoms with Crippen molar-refractivity contribution in [3.8, 4) is 0 Å². The molecule has 0 bridgehead atoms. The molecule has 45 heavy (non-hydrogen) atoms. The Morgan fingerprint density at radius 1 is 0.911 bits per heavy atom. The Bertz CT molecular complexity index is 1160. The number of primary amides is 1. The molecule has 7 amide bonds. The van der Waals surface area contributed by atoms with Gasteiger partial charge in [0.15, 0.2) is 0 Å². The van der Waals surface area contributed by atoms with Crippen LogP contribution in [0.25, 0.3) is 0 Å². The maximum atomic E-state index is 12.6. The van der Waals surface area contributed by atoms with Crippen LogP contribution in [-0.2, 0) is 30.5 Å². The number of unbranched alkanes of at least 4 members (excludes halogenated alkanes) is 3. The molecular formula is C30H45N7O7S. The number of nitrogens with one attached hydrogen (secondary N) is 6. The first-order valence-corrected chi connectivity index (χ1v) is 16.5. The largest absolute Gasteiger partial charge is 0.445 e. The Hall–Kier alpha value is -4.01. The fraction of sp³-hybridized carbons (Fsp3) is 0.600. The van der Waals surface area contributed by atoms with Gasteiger partial charge in [0, 0.05) is 36.9 Å². The van der Waals surface area contributed by atoms with Gasteiger partial charge in [0.25, 0.3) is 0 Å². The lowest BCUT2D eigenvalue weighted by atomic mass is 10.0. The Morgan fingerprint density at radius 3 is 2.38 bits per heavy atom. The number of amides is 7. The van der Waals surface area contributed by atoms with E-state index in [0.29, 0.717) is 31.2 Å². The zero-order chi connectivity index (χ0) is 32.4. The average Bonchev–Trinajstić information content (AvgIpc) is 3.58. The van der Waals surface area contributed by atoms with Gasteiger partial charge in [-0.3, -0.25) is 19.2 Å². The summed E-state index contributed by atoms with van der Waals surface area (Å²) in [7, 11) is 0. The molecule has 0 aliphatic carbocycles. The van der Waals surface area contributed by atoms with Crippen molar-refractivity contribution in [3.63, 3.8) is 0 Å². The number of hydrogen-bond donors (Lipinski definition) is 7. The van der Waals surface area contributed by atoms with Crippen LogP contribution in [0.3, 0.4) is 0 Å². The summed E-state index contributed by atoms with van der Waals surface area (Å²) < 4.78 is 5.14. The number of rotatable bonds is 20. The molecule has 3 rings (SSSR count). The first kappa shape index (κ1) is 35.5. The van der Waals surface area contributed by atoms with Crippen molar-refractivity contribution in [3.05, 3.63) is 35.9 Å². The molecule has 0 spiro atoms. The Balaban J connectivity index is 1.19. The Kier molecular flexibility index (Phi) is 15.3. The molecule has 1 aromatic rings. The fourth-order valence-electron chi connectivity index (χ4n) is 5.06. The zero-order valence-corrected chi connectivity index (χ0v) is 26.3. The van der Waals surface area contributed by atoms with E-state index in [4.69, 9.17) is 10.5 Å². The van der Waals surface area contributed by atoms with E-state index in [1.165, 1.54) is 0 Å². The van der Waals surface area contributed by atoms with E-state index in [0.717, 1.165) is 43.4 Å². The maximum Gasteiger partial charge on any atom is 0.408 e. The van der Waals surface area contributed by atoms with Crippen molar-refractivity contribution < 1.29 is 33.5 Å². The lowest BCUT2D eigenvalue weighted by Gasteiger charge is -2.18. The molecule has 248 valence electrons. The molecule has 1 aromatic carbocycles. The van der Waals surface area contributed by atoms with E-state index in [1.54, 1.807) is 24.3 Å². The van der Waals surface area contributed by atoms with Crippen LogP contribution in [0.4, 0.5) is 9.59 Å². The van der Waals surface area contributed by atoms with Gasteiger partial charge in [-0.25, -0.2) is 9.59 Å². The number of benzene rings is 1. The molecule has 0 radical (unpaired) electrons. The van der Waals surface area contributed by atoms with Crippen molar-refractivity contribution in [1.82, 2.24) is 31.9 Å². The van der Waals surface area contributed by atoms with E-state index < -0.39 is 29.9 Å². The summed E-state index contributed by atoms with van der Waals surface area (Å²) in [5.74, 6) is -0.696. The lowest BCUT2D eigenvalue weighted by Crippen LogP contribution is -2.49. The highest BCUT2D eigenvalue weighted by Gasteiger charge is 2.42. The van der Waals surface area contributed by atoms with Gasteiger partial charge in [-0.2, -0.15) is 11.8 Å². The standard InChI is InChI=1S/C30H45N7O7S/c31-24(38)14-13-21(36-30(43)44-18-20-9-3-1-4-10-20)28(41)34-17-26(40)33-16-8-2-7-15-32-25(39)12-6-5-11-23-27-22(19-45-23)35-29(42)37-27/h1,3-4,9-10,21-23,27H,2,5-8,11-19H2,(H2,31,38)(H,32,39)(H,33,40)(H,34,41)(H,36,43)(H2,35,37,42)/t21-,22?,23-,27?/m0/s1. The van der Waals surface area contributed by atoms with Gasteiger partial charge >= 0.3 is 12.1 Å². The van der Waals surface area contributed by atoms with E-state index in [9.17, 15) is 28.8 Å². The lowest BCUT2D eigenvalue weighted by molar-refractivity contribution is -0.127. The van der Waals surface area contributed by atoms with Gasteiger partial charge in [-0.05, 0) is 44.1 Å². The van der Waals surface area contributed by atoms with Crippen LogP contribution in [0.1, 0.15) is 63.4 Å². The molecule has 2 aliphatic rings. The van der Waals surface area contributed by atoms with Crippen LogP contribution >= 0.6 is 11.8 Å². The molecule has 2 saturated heterocycles. The maximum absolute atomic E-state index is 12.6. The molecule has 8 N–H and O–H groups in total. The number of hydrogen-bond acceptors (Lipinski definition) is 8. The van der Waals surface area contributed by atoms with Crippen molar-refractivity contribution in [2.24, 2.45) is 5.73 Å². The van der Waals surface area contributed by atoms with Crippen molar-refractivity contribution in [1.29, 1.82) is 0 Å². The summed E-state index contributed by atoms with van der Waals surface area (Å²) in [6.45, 7) is 0.689. The minimum Gasteiger partial charge on any atom is -0.445 e. The molecule has 14 nitrogen and oxygen atoms in total. The number of ether oxygens (including phenoxy) is 1. The van der Waals surface area contributed by atoms with Crippen LogP contribution < -0.4 is 37.6 Å². The quantitative estimate of drug-likeness (QED) is 0.0793. The van der Waals surface area contributed by atoms with E-state index >= 15 is 0 Å². The second kappa shape index (κ2) is 19.4. The summed E-state index contributed by atoms with van der Waals surface area (Å²) in [4.78, 5) is 71.8. The monoisotopic (exact) mass is 647 g/mol. The van der Waals surface area contributed by atoms with Gasteiger partial charge in [0.05, 0.1) is 18.6 Å². The number of carbonyl (C=O) groups excluding carboxylic acids is 6. The van der Waals surface area contributed by atoms with Crippen molar-refractivity contribution in [2.45, 2.75) is 87.8 Å². The summed E-state index contributed by atoms with van der Waals surface area (Å²) in [6.07, 6.45) is 4.49. The highest BCUT2D eigenvalue weighted by Crippen LogP contribution is 2.33. The molecular weight excluding hydrogens is 602 g/mol. The zero-order valence-electron chi connectivity index (χ0n) is 25.4. The molecule has 0 saturated carbocycles. The summed E-state index contributed by atoms with van der Waals surface area (Å²) in [5.41, 5.74) is 5.96. The molecule has 2 heterocycles. The van der Waals surface area contributed by atoms with E-state index in [2.05, 4.69) is 31.9 Å². The first-order chi connectivity index (χ1) is 21.7. The normalized spacial score (nSPS) is 18.9. The second-order valence-corrected chi connectivity index (χ2v) is 12.4. The Morgan fingerprint density at radius 2 is 1.64 bits per heavy atom. The topological polar surface area (TPSA) is 210 Å². The second-order valence-electron chi connectivity index (χ2n) is 11.1. The predicted molar refractivity (Wildman–Crippen MR) is 169 cm³/mol. The van der Waals surface area contributed by atoms with Crippen LogP contribution in [0.5, 0.6) is 0 Å². The highest BCUT2D eigenvalue weighted by molar-refractivity contribution is 8.00. The minimum atomic E-state index is -1.10. The van der Waals surface area contributed by atoms with Crippen molar-refractivity contribution in [2.75, 3.05) is 25.4 Å². The number of nitrogens with two attached hydrogens (primary N) is 1. The Labute approximate surface area is 267 Å². The number of alkyl carbamates (subject to hydrolysis) is 1. The molecule has 15 heteroatoms. The number of carbonyl (C=O) groups is 6. The van der Waals surface area contributed by atoms with Gasteiger partial charge in [0.2, 0.25) is 23.6 Å². The predicted octanol–water partition coefficient (Wildman–Crippen LogP) is 0.792. The number of urea groups is 1. The van der Waals surface area contributed by atoms with Crippen molar-refractivity contribution >= 4 is 47.5 Å². The highest BCUT2D eigenvalue weighted by atomic mass is 32.2. The molecule has 0 aromatic heterocycles. The molecule has 4 atom stereocenters. The van der Waals surface area contributed by atoms with Gasteiger partial charge in [-0.15, -0.1) is 0 Å². The van der Waals surface area contributed by atoms with E-state index in [-0.39, 0.29) is 50.0 Å². The van der Waals surface area contributed by atoms with Crippen LogP contribution in [0.15, 0.2) is 30.3 Å². The SMILES string of the molecule is NC(=O)CC[C@H](NC(=O)OCc1ccccc1)C(=O)NCC(=O)NCCCCCNC(=O)CCCC[C@@H]1SCC2NC(=O)NC21.